The number of nitrogens with zero attached hydrogens (tertiary/aromatic N) is 5. The number of aromatic nitrogens is 4. The van der Waals surface area contributed by atoms with Crippen molar-refractivity contribution in [2.75, 3.05) is 26.9 Å². The van der Waals surface area contributed by atoms with E-state index in [4.69, 9.17) is 14.6 Å². The molecular weight excluding hydrogens is 346 g/mol. The maximum absolute atomic E-state index is 13.1. The highest BCUT2D eigenvalue weighted by atomic mass is 16.5. The summed E-state index contributed by atoms with van der Waals surface area (Å²) in [5.74, 6) is -0.00785. The number of piperidine rings is 1. The number of hydrogen-bond acceptors (Lipinski definition) is 6. The van der Waals surface area contributed by atoms with Gasteiger partial charge in [0.1, 0.15) is 0 Å². The minimum Gasteiger partial charge on any atom is -0.383 e. The summed E-state index contributed by atoms with van der Waals surface area (Å²) in [5.41, 5.74) is 3.92. The fourth-order valence-corrected chi connectivity index (χ4v) is 4.01. The predicted molar refractivity (Wildman–Crippen MR) is 97.1 cm³/mol. The van der Waals surface area contributed by atoms with Crippen LogP contribution in [0, 0.1) is 0 Å². The highest BCUT2D eigenvalue weighted by Crippen LogP contribution is 2.35. The minimum absolute atomic E-state index is 0.00785. The third kappa shape index (κ3) is 3.59. The standard InChI is InChI=1S/C19H25N5O3/c1-26-11-9-24-16-6-10-27-13-15(16)18(22-24)17-4-2-3-8-23(17)19(25)14-5-7-20-21-12-14/h5,7,12,17H,2-4,6,8-11,13H2,1H3. The Morgan fingerprint density at radius 1 is 1.37 bits per heavy atom. The van der Waals surface area contributed by atoms with Crippen LogP contribution in [0.5, 0.6) is 0 Å². The molecule has 0 saturated carbocycles. The van der Waals surface area contributed by atoms with Crippen LogP contribution in [-0.4, -0.2) is 57.7 Å². The molecule has 0 bridgehead atoms. The van der Waals surface area contributed by atoms with Gasteiger partial charge < -0.3 is 14.4 Å². The summed E-state index contributed by atoms with van der Waals surface area (Å²) in [6, 6.07) is 1.69. The highest BCUT2D eigenvalue weighted by Gasteiger charge is 2.34. The molecule has 0 radical (unpaired) electrons. The summed E-state index contributed by atoms with van der Waals surface area (Å²) in [4.78, 5) is 15.0. The second-order valence-electron chi connectivity index (χ2n) is 6.97. The van der Waals surface area contributed by atoms with Crippen LogP contribution >= 0.6 is 0 Å². The van der Waals surface area contributed by atoms with Crippen molar-refractivity contribution in [2.24, 2.45) is 0 Å². The number of methoxy groups -OCH3 is 1. The average Bonchev–Trinajstić information content (AvgIpc) is 3.11. The van der Waals surface area contributed by atoms with Gasteiger partial charge in [-0.3, -0.25) is 9.48 Å². The number of ether oxygens (including phenoxy) is 2. The molecule has 0 N–H and O–H groups in total. The van der Waals surface area contributed by atoms with E-state index < -0.39 is 0 Å². The van der Waals surface area contributed by atoms with Crippen molar-refractivity contribution in [1.29, 1.82) is 0 Å². The Bertz CT molecular complexity index is 792. The van der Waals surface area contributed by atoms with Gasteiger partial charge in [-0.25, -0.2) is 0 Å². The first-order valence-electron chi connectivity index (χ1n) is 9.52. The Morgan fingerprint density at radius 3 is 3.11 bits per heavy atom. The molecule has 4 rings (SSSR count). The van der Waals surface area contributed by atoms with Gasteiger partial charge >= 0.3 is 0 Å². The molecule has 2 aliphatic rings. The van der Waals surface area contributed by atoms with Crippen molar-refractivity contribution in [1.82, 2.24) is 24.9 Å². The SMILES string of the molecule is COCCn1nc(C2CCCCN2C(=O)c2ccnnc2)c2c1CCOC2. The zero-order valence-corrected chi connectivity index (χ0v) is 15.6. The third-order valence-corrected chi connectivity index (χ3v) is 5.34. The Balaban J connectivity index is 1.67. The van der Waals surface area contributed by atoms with Gasteiger partial charge in [-0.2, -0.15) is 15.3 Å². The van der Waals surface area contributed by atoms with E-state index >= 15 is 0 Å². The summed E-state index contributed by atoms with van der Waals surface area (Å²) >= 11 is 0. The van der Waals surface area contributed by atoms with Crippen molar-refractivity contribution in [3.05, 3.63) is 41.0 Å². The molecule has 0 aliphatic carbocycles. The van der Waals surface area contributed by atoms with Crippen LogP contribution in [-0.2, 0) is 29.0 Å². The molecule has 144 valence electrons. The van der Waals surface area contributed by atoms with Crippen molar-refractivity contribution in [2.45, 2.75) is 44.9 Å². The van der Waals surface area contributed by atoms with Gasteiger partial charge in [-0.1, -0.05) is 0 Å². The zero-order valence-electron chi connectivity index (χ0n) is 15.6. The largest absolute Gasteiger partial charge is 0.383 e. The number of rotatable bonds is 5. The summed E-state index contributed by atoms with van der Waals surface area (Å²) in [6.07, 6.45) is 6.94. The van der Waals surface area contributed by atoms with Crippen LogP contribution < -0.4 is 0 Å². The first-order chi connectivity index (χ1) is 13.3. The number of carbonyl (C=O) groups is 1. The fraction of sp³-hybridized carbons (Fsp3) is 0.579. The molecule has 2 aliphatic heterocycles. The van der Waals surface area contributed by atoms with Crippen LogP contribution in [0.25, 0.3) is 0 Å². The minimum atomic E-state index is -0.0290. The van der Waals surface area contributed by atoms with Gasteiger partial charge in [0.25, 0.3) is 5.91 Å². The van der Waals surface area contributed by atoms with E-state index in [1.807, 2.05) is 9.58 Å². The number of hydrogen-bond donors (Lipinski definition) is 0. The summed E-state index contributed by atoms with van der Waals surface area (Å²) < 4.78 is 13.0. The van der Waals surface area contributed by atoms with Crippen LogP contribution in [0.2, 0.25) is 0 Å². The van der Waals surface area contributed by atoms with E-state index in [2.05, 4.69) is 10.2 Å². The maximum atomic E-state index is 13.1. The summed E-state index contributed by atoms with van der Waals surface area (Å²) in [5, 5.41) is 12.5. The number of fused-ring (bicyclic) bond motifs is 1. The molecule has 8 heteroatoms. The van der Waals surface area contributed by atoms with Crippen LogP contribution in [0.1, 0.15) is 52.6 Å². The van der Waals surface area contributed by atoms with Gasteiger partial charge in [0, 0.05) is 31.3 Å². The van der Waals surface area contributed by atoms with Crippen molar-refractivity contribution < 1.29 is 14.3 Å². The monoisotopic (exact) mass is 371 g/mol. The van der Waals surface area contributed by atoms with Crippen molar-refractivity contribution in [3.63, 3.8) is 0 Å². The van der Waals surface area contributed by atoms with E-state index in [-0.39, 0.29) is 11.9 Å². The van der Waals surface area contributed by atoms with Gasteiger partial charge in [-0.05, 0) is 25.3 Å². The highest BCUT2D eigenvalue weighted by molar-refractivity contribution is 5.94. The molecule has 4 heterocycles. The van der Waals surface area contributed by atoms with Crippen molar-refractivity contribution in [3.8, 4) is 0 Å². The van der Waals surface area contributed by atoms with E-state index in [9.17, 15) is 4.79 Å². The lowest BCUT2D eigenvalue weighted by atomic mass is 9.94. The Hall–Kier alpha value is -2.32. The number of carbonyl (C=O) groups excluding carboxylic acids is 1. The van der Waals surface area contributed by atoms with E-state index in [0.29, 0.717) is 31.9 Å². The van der Waals surface area contributed by atoms with Crippen LogP contribution in [0.4, 0.5) is 0 Å². The summed E-state index contributed by atoms with van der Waals surface area (Å²) in [7, 11) is 1.70. The lowest BCUT2D eigenvalue weighted by Gasteiger charge is -2.35. The third-order valence-electron chi connectivity index (χ3n) is 5.34. The fourth-order valence-electron chi connectivity index (χ4n) is 4.01. The Morgan fingerprint density at radius 2 is 2.30 bits per heavy atom. The van der Waals surface area contributed by atoms with E-state index in [1.54, 1.807) is 19.4 Å². The quantitative estimate of drug-likeness (QED) is 0.796. The smallest absolute Gasteiger partial charge is 0.256 e. The molecule has 0 aromatic carbocycles. The normalized spacial score (nSPS) is 19.7. The van der Waals surface area contributed by atoms with Gasteiger partial charge in [0.2, 0.25) is 0 Å². The van der Waals surface area contributed by atoms with E-state index in [0.717, 1.165) is 43.5 Å². The lowest BCUT2D eigenvalue weighted by molar-refractivity contribution is 0.0595. The second-order valence-corrected chi connectivity index (χ2v) is 6.97. The van der Waals surface area contributed by atoms with Crippen LogP contribution in [0.15, 0.2) is 18.5 Å². The zero-order chi connectivity index (χ0) is 18.6. The molecule has 0 spiro atoms. The van der Waals surface area contributed by atoms with Crippen molar-refractivity contribution >= 4 is 5.91 Å². The van der Waals surface area contributed by atoms with E-state index in [1.165, 1.54) is 11.9 Å². The molecular formula is C19H25N5O3. The molecule has 1 unspecified atom stereocenters. The number of amides is 1. The van der Waals surface area contributed by atoms with Crippen LogP contribution in [0.3, 0.4) is 0 Å². The molecule has 27 heavy (non-hydrogen) atoms. The Labute approximate surface area is 158 Å². The van der Waals surface area contributed by atoms with Gasteiger partial charge in [-0.15, -0.1) is 0 Å². The van der Waals surface area contributed by atoms with Gasteiger partial charge in [0.05, 0.1) is 56.1 Å². The molecule has 1 fully saturated rings. The molecule has 2 aromatic heterocycles. The molecule has 1 atom stereocenters. The maximum Gasteiger partial charge on any atom is 0.256 e. The van der Waals surface area contributed by atoms with Gasteiger partial charge in [0.15, 0.2) is 0 Å². The number of likely N-dealkylation sites (tertiary alicyclic amines) is 1. The molecule has 1 saturated heterocycles. The first kappa shape index (κ1) is 18.1. The second kappa shape index (κ2) is 8.14. The molecule has 8 nitrogen and oxygen atoms in total. The molecule has 1 amide bonds. The molecule has 2 aromatic rings. The topological polar surface area (TPSA) is 82.4 Å². The first-order valence-corrected chi connectivity index (χ1v) is 9.52. The average molecular weight is 371 g/mol. The lowest BCUT2D eigenvalue weighted by Crippen LogP contribution is -2.39. The Kier molecular flexibility index (Phi) is 5.45. The summed E-state index contributed by atoms with van der Waals surface area (Å²) in [6.45, 7) is 3.33. The predicted octanol–water partition coefficient (Wildman–Crippen LogP) is 1.76.